The molecule has 0 aliphatic carbocycles. The number of hydrogen-bond donors (Lipinski definition) is 2. The van der Waals surface area contributed by atoms with E-state index in [4.69, 9.17) is 11.0 Å². The molecule has 4 nitrogen and oxygen atoms in total. The Morgan fingerprint density at radius 2 is 2.05 bits per heavy atom. The van der Waals surface area contributed by atoms with Crippen LogP contribution < -0.4 is 11.1 Å². The van der Waals surface area contributed by atoms with Crippen molar-refractivity contribution >= 4 is 33.2 Å². The molecule has 0 atom stereocenters. The average molecular weight is 334 g/mol. The molecule has 0 aromatic heterocycles. The molecule has 0 spiro atoms. The van der Waals surface area contributed by atoms with Crippen LogP contribution in [0.3, 0.4) is 0 Å². The second kappa shape index (κ2) is 5.72. The Bertz CT molecular complexity index is 705. The van der Waals surface area contributed by atoms with Crippen LogP contribution in [0, 0.1) is 17.1 Å². The number of benzene rings is 2. The molecule has 0 unspecified atom stereocenters. The van der Waals surface area contributed by atoms with Crippen LogP contribution >= 0.6 is 15.9 Å². The fourth-order valence-electron chi connectivity index (χ4n) is 1.66. The Balaban J connectivity index is 2.32. The van der Waals surface area contributed by atoms with Crippen molar-refractivity contribution in [2.75, 3.05) is 11.1 Å². The minimum absolute atomic E-state index is 0.0892. The van der Waals surface area contributed by atoms with E-state index in [0.29, 0.717) is 15.7 Å². The molecule has 3 N–H and O–H groups in total. The molecule has 2 aromatic rings. The topological polar surface area (TPSA) is 78.9 Å². The molecule has 0 bridgehead atoms. The van der Waals surface area contributed by atoms with E-state index < -0.39 is 11.7 Å². The van der Waals surface area contributed by atoms with Gasteiger partial charge in [0.2, 0.25) is 0 Å². The second-order valence-corrected chi connectivity index (χ2v) is 4.94. The first-order chi connectivity index (χ1) is 9.49. The molecule has 0 aliphatic rings. The van der Waals surface area contributed by atoms with Gasteiger partial charge in [0.15, 0.2) is 0 Å². The van der Waals surface area contributed by atoms with Gasteiger partial charge in [0.05, 0.1) is 11.3 Å². The maximum Gasteiger partial charge on any atom is 0.255 e. The van der Waals surface area contributed by atoms with Crippen molar-refractivity contribution in [3.8, 4) is 6.07 Å². The Labute approximate surface area is 123 Å². The molecule has 20 heavy (non-hydrogen) atoms. The lowest BCUT2D eigenvalue weighted by Crippen LogP contribution is -2.13. The highest BCUT2D eigenvalue weighted by Gasteiger charge is 2.11. The third kappa shape index (κ3) is 3.13. The van der Waals surface area contributed by atoms with E-state index >= 15 is 0 Å². The number of carbonyl (C=O) groups excluding carboxylic acids is 1. The van der Waals surface area contributed by atoms with Crippen molar-refractivity contribution in [3.63, 3.8) is 0 Å². The van der Waals surface area contributed by atoms with Gasteiger partial charge in [-0.1, -0.05) is 15.9 Å². The van der Waals surface area contributed by atoms with Gasteiger partial charge in [-0.2, -0.15) is 5.26 Å². The first-order valence-corrected chi connectivity index (χ1v) is 6.36. The summed E-state index contributed by atoms with van der Waals surface area (Å²) in [6.07, 6.45) is 0. The lowest BCUT2D eigenvalue weighted by molar-refractivity contribution is 0.102. The van der Waals surface area contributed by atoms with E-state index in [2.05, 4.69) is 21.2 Å². The molecule has 0 fully saturated rings. The van der Waals surface area contributed by atoms with Crippen LogP contribution in [0.5, 0.6) is 0 Å². The number of nitrogens with zero attached hydrogens (tertiary/aromatic N) is 1. The minimum Gasteiger partial charge on any atom is -0.399 e. The van der Waals surface area contributed by atoms with Crippen molar-refractivity contribution in [1.82, 2.24) is 0 Å². The molecule has 2 aromatic carbocycles. The van der Waals surface area contributed by atoms with Crippen LogP contribution in [-0.4, -0.2) is 5.91 Å². The Kier molecular flexibility index (Phi) is 4.01. The summed E-state index contributed by atoms with van der Waals surface area (Å²) in [5.41, 5.74) is 6.39. The summed E-state index contributed by atoms with van der Waals surface area (Å²) < 4.78 is 13.9. The first kappa shape index (κ1) is 14.0. The largest absolute Gasteiger partial charge is 0.399 e. The highest BCUT2D eigenvalue weighted by molar-refractivity contribution is 9.10. The van der Waals surface area contributed by atoms with E-state index in [9.17, 15) is 9.18 Å². The van der Waals surface area contributed by atoms with Gasteiger partial charge < -0.3 is 11.1 Å². The SMILES string of the molecule is N#Cc1ccc(Br)cc1NC(=O)c1cc(N)cc(F)c1. The third-order valence-electron chi connectivity index (χ3n) is 2.53. The smallest absolute Gasteiger partial charge is 0.255 e. The van der Waals surface area contributed by atoms with E-state index in [1.54, 1.807) is 18.2 Å². The van der Waals surface area contributed by atoms with E-state index in [0.717, 1.165) is 12.1 Å². The number of halogens is 2. The van der Waals surface area contributed by atoms with Gasteiger partial charge in [0.25, 0.3) is 5.91 Å². The number of nitrogen functional groups attached to an aromatic ring is 1. The zero-order chi connectivity index (χ0) is 14.7. The van der Waals surface area contributed by atoms with E-state index in [-0.39, 0.29) is 11.3 Å². The van der Waals surface area contributed by atoms with Gasteiger partial charge in [0, 0.05) is 15.7 Å². The van der Waals surface area contributed by atoms with Crippen molar-refractivity contribution in [2.24, 2.45) is 0 Å². The van der Waals surface area contributed by atoms with Crippen LogP contribution in [0.4, 0.5) is 15.8 Å². The van der Waals surface area contributed by atoms with Crippen molar-refractivity contribution in [1.29, 1.82) is 5.26 Å². The summed E-state index contributed by atoms with van der Waals surface area (Å²) in [5.74, 6) is -1.13. The maximum absolute atomic E-state index is 13.2. The molecule has 2 rings (SSSR count). The second-order valence-electron chi connectivity index (χ2n) is 4.03. The van der Waals surface area contributed by atoms with Crippen LogP contribution in [0.25, 0.3) is 0 Å². The van der Waals surface area contributed by atoms with Crippen LogP contribution in [0.2, 0.25) is 0 Å². The summed E-state index contributed by atoms with van der Waals surface area (Å²) in [4.78, 5) is 12.0. The number of nitrogens with one attached hydrogen (secondary N) is 1. The molecule has 0 radical (unpaired) electrons. The number of amides is 1. The zero-order valence-corrected chi connectivity index (χ0v) is 11.7. The van der Waals surface area contributed by atoms with Gasteiger partial charge in [-0.3, -0.25) is 4.79 Å². The van der Waals surface area contributed by atoms with E-state index in [1.807, 2.05) is 6.07 Å². The predicted octanol–water partition coefficient (Wildman–Crippen LogP) is 3.29. The van der Waals surface area contributed by atoms with Crippen molar-refractivity contribution < 1.29 is 9.18 Å². The molecule has 0 aliphatic heterocycles. The molecule has 1 amide bonds. The van der Waals surface area contributed by atoms with E-state index in [1.165, 1.54) is 6.07 Å². The number of nitrogens with two attached hydrogens (primary N) is 1. The summed E-state index contributed by atoms with van der Waals surface area (Å²) in [5, 5.41) is 11.5. The summed E-state index contributed by atoms with van der Waals surface area (Å²) in [6.45, 7) is 0. The van der Waals surface area contributed by atoms with Gasteiger partial charge in [-0.05, 0) is 36.4 Å². The molecular formula is C14H9BrFN3O. The Morgan fingerprint density at radius 1 is 1.30 bits per heavy atom. The van der Waals surface area contributed by atoms with Gasteiger partial charge in [-0.15, -0.1) is 0 Å². The minimum atomic E-state index is -0.593. The standard InChI is InChI=1S/C14H9BrFN3O/c15-10-2-1-8(7-17)13(5-10)19-14(20)9-3-11(16)6-12(18)4-9/h1-6H,18H2,(H,19,20). The van der Waals surface area contributed by atoms with Crippen LogP contribution in [-0.2, 0) is 0 Å². The molecule has 0 saturated heterocycles. The number of carbonyl (C=O) groups is 1. The van der Waals surface area contributed by atoms with Crippen molar-refractivity contribution in [3.05, 3.63) is 57.8 Å². The lowest BCUT2D eigenvalue weighted by Gasteiger charge is -2.08. The highest BCUT2D eigenvalue weighted by Crippen LogP contribution is 2.22. The quantitative estimate of drug-likeness (QED) is 0.827. The number of anilines is 2. The fraction of sp³-hybridized carbons (Fsp3) is 0. The number of rotatable bonds is 2. The molecular weight excluding hydrogens is 325 g/mol. The summed E-state index contributed by atoms with van der Waals surface area (Å²) in [6, 6.07) is 10.4. The first-order valence-electron chi connectivity index (χ1n) is 5.56. The van der Waals surface area contributed by atoms with Gasteiger partial charge in [-0.25, -0.2) is 4.39 Å². The lowest BCUT2D eigenvalue weighted by atomic mass is 10.1. The van der Waals surface area contributed by atoms with Crippen LogP contribution in [0.15, 0.2) is 40.9 Å². The predicted molar refractivity (Wildman–Crippen MR) is 77.6 cm³/mol. The summed E-state index contributed by atoms with van der Waals surface area (Å²) in [7, 11) is 0. The highest BCUT2D eigenvalue weighted by atomic mass is 79.9. The van der Waals surface area contributed by atoms with Gasteiger partial charge >= 0.3 is 0 Å². The van der Waals surface area contributed by atoms with Crippen molar-refractivity contribution in [2.45, 2.75) is 0 Å². The Morgan fingerprint density at radius 3 is 2.70 bits per heavy atom. The molecule has 0 heterocycles. The monoisotopic (exact) mass is 333 g/mol. The molecule has 0 saturated carbocycles. The third-order valence-corrected chi connectivity index (χ3v) is 3.03. The Hall–Kier alpha value is -2.39. The normalized spacial score (nSPS) is 9.85. The maximum atomic E-state index is 13.2. The zero-order valence-electron chi connectivity index (χ0n) is 10.2. The van der Waals surface area contributed by atoms with Crippen LogP contribution in [0.1, 0.15) is 15.9 Å². The average Bonchev–Trinajstić information content (AvgIpc) is 2.37. The summed E-state index contributed by atoms with van der Waals surface area (Å²) >= 11 is 3.25. The molecule has 100 valence electrons. The molecule has 6 heteroatoms. The fourth-order valence-corrected chi connectivity index (χ4v) is 2.02. The van der Waals surface area contributed by atoms with Gasteiger partial charge in [0.1, 0.15) is 11.9 Å². The number of hydrogen-bond acceptors (Lipinski definition) is 3. The number of nitriles is 1.